The van der Waals surface area contributed by atoms with Crippen molar-refractivity contribution in [3.63, 3.8) is 0 Å². The Kier molecular flexibility index (Phi) is 3.96. The highest BCUT2D eigenvalue weighted by molar-refractivity contribution is 5.71. The number of rotatable bonds is 2. The third-order valence-corrected chi connectivity index (χ3v) is 4.12. The van der Waals surface area contributed by atoms with E-state index >= 15 is 0 Å². The zero-order valence-corrected chi connectivity index (χ0v) is 12.3. The van der Waals surface area contributed by atoms with Crippen molar-refractivity contribution in [2.75, 3.05) is 0 Å². The highest BCUT2D eigenvalue weighted by atomic mass is 19.2. The number of hydrogen-bond acceptors (Lipinski definition) is 0. The Morgan fingerprint density at radius 3 is 2.13 bits per heavy atom. The zero-order valence-electron chi connectivity index (χ0n) is 12.3. The molecule has 23 heavy (non-hydrogen) atoms. The number of benzene rings is 2. The van der Waals surface area contributed by atoms with E-state index in [-0.39, 0.29) is 29.5 Å². The van der Waals surface area contributed by atoms with Crippen LogP contribution in [0, 0.1) is 29.1 Å². The molecule has 0 aliphatic heterocycles. The second-order valence-electron chi connectivity index (χ2n) is 5.52. The van der Waals surface area contributed by atoms with E-state index in [1.807, 2.05) is 0 Å². The van der Waals surface area contributed by atoms with Crippen LogP contribution in [0.3, 0.4) is 0 Å². The summed E-state index contributed by atoms with van der Waals surface area (Å²) in [4.78, 5) is 0. The SMILES string of the molecule is CCc1cc(F)c(C2=CCc3c(cc(F)c(F)c3F)C2)c(F)c1. The van der Waals surface area contributed by atoms with Crippen LogP contribution in [0.25, 0.3) is 5.57 Å². The monoisotopic (exact) mass is 324 g/mol. The average Bonchev–Trinajstić information content (AvgIpc) is 2.51. The van der Waals surface area contributed by atoms with Crippen molar-refractivity contribution in [3.8, 4) is 0 Å². The van der Waals surface area contributed by atoms with Gasteiger partial charge in [0.2, 0.25) is 0 Å². The Labute approximate surface area is 130 Å². The second-order valence-corrected chi connectivity index (χ2v) is 5.52. The van der Waals surface area contributed by atoms with Crippen molar-refractivity contribution in [1.29, 1.82) is 0 Å². The molecule has 0 amide bonds. The van der Waals surface area contributed by atoms with Crippen molar-refractivity contribution in [1.82, 2.24) is 0 Å². The molecule has 0 saturated carbocycles. The largest absolute Gasteiger partial charge is 0.206 e. The molecule has 0 unspecified atom stereocenters. The smallest absolute Gasteiger partial charge is 0.194 e. The lowest BCUT2D eigenvalue weighted by Gasteiger charge is -2.19. The van der Waals surface area contributed by atoms with E-state index in [2.05, 4.69) is 0 Å². The van der Waals surface area contributed by atoms with Gasteiger partial charge in [-0.2, -0.15) is 0 Å². The molecule has 1 aliphatic rings. The molecule has 0 fully saturated rings. The second kappa shape index (κ2) is 5.80. The Morgan fingerprint density at radius 2 is 1.52 bits per heavy atom. The molecule has 0 aromatic heterocycles. The maximum absolute atomic E-state index is 14.2. The fourth-order valence-electron chi connectivity index (χ4n) is 2.89. The van der Waals surface area contributed by atoms with Crippen LogP contribution in [0.1, 0.15) is 29.2 Å². The lowest BCUT2D eigenvalue weighted by atomic mass is 9.87. The summed E-state index contributed by atoms with van der Waals surface area (Å²) in [6.07, 6.45) is 1.85. The highest BCUT2D eigenvalue weighted by Gasteiger charge is 2.24. The maximum atomic E-state index is 14.2. The molecule has 1 aliphatic carbocycles. The molecule has 0 radical (unpaired) electrons. The van der Waals surface area contributed by atoms with Gasteiger partial charge in [-0.05, 0) is 59.7 Å². The first-order valence-corrected chi connectivity index (χ1v) is 7.25. The van der Waals surface area contributed by atoms with Gasteiger partial charge in [-0.25, -0.2) is 22.0 Å². The number of fused-ring (bicyclic) bond motifs is 1. The van der Waals surface area contributed by atoms with Crippen molar-refractivity contribution in [3.05, 3.63) is 75.6 Å². The molecule has 3 rings (SSSR count). The van der Waals surface area contributed by atoms with Gasteiger partial charge in [-0.1, -0.05) is 13.0 Å². The topological polar surface area (TPSA) is 0 Å². The van der Waals surface area contributed by atoms with Gasteiger partial charge in [0.05, 0.1) is 0 Å². The van der Waals surface area contributed by atoms with Crippen LogP contribution in [0.15, 0.2) is 24.3 Å². The molecule has 0 heterocycles. The van der Waals surface area contributed by atoms with Gasteiger partial charge in [-0.3, -0.25) is 0 Å². The molecular formula is C18H13F5. The van der Waals surface area contributed by atoms with E-state index in [1.165, 1.54) is 18.2 Å². The summed E-state index contributed by atoms with van der Waals surface area (Å²) in [5.41, 5.74) is 0.870. The number of allylic oxidation sites excluding steroid dienone is 2. The third kappa shape index (κ3) is 2.64. The molecule has 0 saturated heterocycles. The Morgan fingerprint density at radius 1 is 0.870 bits per heavy atom. The minimum absolute atomic E-state index is 0.0265. The van der Waals surface area contributed by atoms with Crippen LogP contribution in [0.5, 0.6) is 0 Å². The van der Waals surface area contributed by atoms with E-state index in [0.29, 0.717) is 17.6 Å². The first-order chi connectivity index (χ1) is 10.9. The molecule has 2 aromatic carbocycles. The van der Waals surface area contributed by atoms with Gasteiger partial charge in [0.15, 0.2) is 17.5 Å². The first kappa shape index (κ1) is 15.7. The normalized spacial score (nSPS) is 13.7. The van der Waals surface area contributed by atoms with Gasteiger partial charge in [0.1, 0.15) is 11.6 Å². The summed E-state index contributed by atoms with van der Waals surface area (Å²) < 4.78 is 68.8. The highest BCUT2D eigenvalue weighted by Crippen LogP contribution is 2.33. The third-order valence-electron chi connectivity index (χ3n) is 4.12. The van der Waals surface area contributed by atoms with Gasteiger partial charge in [0.25, 0.3) is 0 Å². The summed E-state index contributed by atoms with van der Waals surface area (Å²) in [7, 11) is 0. The van der Waals surface area contributed by atoms with Crippen LogP contribution in [-0.4, -0.2) is 0 Å². The summed E-state index contributed by atoms with van der Waals surface area (Å²) in [5, 5.41) is 0. The zero-order chi connectivity index (χ0) is 16.7. The van der Waals surface area contributed by atoms with Gasteiger partial charge in [-0.15, -0.1) is 0 Å². The van der Waals surface area contributed by atoms with Crippen molar-refractivity contribution >= 4 is 5.57 Å². The number of hydrogen-bond donors (Lipinski definition) is 0. The fraction of sp³-hybridized carbons (Fsp3) is 0.222. The molecule has 0 spiro atoms. The number of halogens is 5. The molecule has 0 nitrogen and oxygen atoms in total. The Hall–Kier alpha value is -2.17. The maximum Gasteiger partial charge on any atom is 0.194 e. The van der Waals surface area contributed by atoms with Crippen LogP contribution < -0.4 is 0 Å². The van der Waals surface area contributed by atoms with E-state index in [9.17, 15) is 22.0 Å². The van der Waals surface area contributed by atoms with E-state index in [1.54, 1.807) is 6.92 Å². The summed E-state index contributed by atoms with van der Waals surface area (Å²) >= 11 is 0. The van der Waals surface area contributed by atoms with E-state index < -0.39 is 29.1 Å². The lowest BCUT2D eigenvalue weighted by Crippen LogP contribution is -2.10. The summed E-state index contributed by atoms with van der Waals surface area (Å²) in [6, 6.07) is 3.39. The minimum Gasteiger partial charge on any atom is -0.206 e. The molecule has 0 N–H and O–H groups in total. The molecule has 2 aromatic rings. The van der Waals surface area contributed by atoms with Crippen LogP contribution in [-0.2, 0) is 19.3 Å². The summed E-state index contributed by atoms with van der Waals surface area (Å²) in [5.74, 6) is -5.48. The molecule has 0 atom stereocenters. The number of aryl methyl sites for hydroxylation is 1. The molecule has 120 valence electrons. The quantitative estimate of drug-likeness (QED) is 0.531. The molecular weight excluding hydrogens is 311 g/mol. The van der Waals surface area contributed by atoms with E-state index in [0.717, 1.165) is 6.07 Å². The Balaban J connectivity index is 2.05. The van der Waals surface area contributed by atoms with Crippen molar-refractivity contribution in [2.24, 2.45) is 0 Å². The van der Waals surface area contributed by atoms with Crippen molar-refractivity contribution in [2.45, 2.75) is 26.2 Å². The van der Waals surface area contributed by atoms with Gasteiger partial charge >= 0.3 is 0 Å². The predicted molar refractivity (Wildman–Crippen MR) is 77.4 cm³/mol. The van der Waals surface area contributed by atoms with Crippen LogP contribution in [0.2, 0.25) is 0 Å². The predicted octanol–water partition coefficient (Wildman–Crippen LogP) is 5.13. The van der Waals surface area contributed by atoms with Gasteiger partial charge in [0, 0.05) is 5.56 Å². The van der Waals surface area contributed by atoms with Crippen LogP contribution in [0.4, 0.5) is 22.0 Å². The summed E-state index contributed by atoms with van der Waals surface area (Å²) in [6.45, 7) is 1.78. The Bertz CT molecular complexity index is 798. The average molecular weight is 324 g/mol. The molecule has 5 heteroatoms. The fourth-order valence-corrected chi connectivity index (χ4v) is 2.89. The van der Waals surface area contributed by atoms with Gasteiger partial charge < -0.3 is 0 Å². The molecule has 0 bridgehead atoms. The van der Waals surface area contributed by atoms with Crippen molar-refractivity contribution < 1.29 is 22.0 Å². The van der Waals surface area contributed by atoms with Crippen LogP contribution >= 0.6 is 0 Å². The minimum atomic E-state index is -1.52. The standard InChI is InChI=1S/C18H13F5/c1-2-9-5-13(19)16(14(20)6-9)10-3-4-12-11(7-10)8-15(21)18(23)17(12)22/h3,5-6,8H,2,4,7H2,1H3. The van der Waals surface area contributed by atoms with E-state index in [4.69, 9.17) is 0 Å². The lowest BCUT2D eigenvalue weighted by molar-refractivity contribution is 0.440. The first-order valence-electron chi connectivity index (χ1n) is 7.25.